The quantitative estimate of drug-likeness (QED) is 0.918. The van der Waals surface area contributed by atoms with Crippen LogP contribution in [0.4, 0.5) is 0 Å². The number of ketones is 1. The Labute approximate surface area is 115 Å². The fourth-order valence-corrected chi connectivity index (χ4v) is 2.20. The van der Waals surface area contributed by atoms with E-state index in [1.807, 2.05) is 40.0 Å². The van der Waals surface area contributed by atoms with E-state index in [1.165, 1.54) is 10.9 Å². The Balaban J connectivity index is 0.000000861. The topological polar surface area (TPSA) is 48.0 Å². The van der Waals surface area contributed by atoms with Gasteiger partial charge in [0.15, 0.2) is 0 Å². The molecule has 1 aromatic heterocycles. The van der Waals surface area contributed by atoms with Gasteiger partial charge >= 0.3 is 0 Å². The molecule has 0 aliphatic carbocycles. The number of carbonyl (C=O) groups excluding carboxylic acids is 1. The Hall–Kier alpha value is -1.61. The van der Waals surface area contributed by atoms with Crippen LogP contribution in [0.25, 0.3) is 10.9 Å². The summed E-state index contributed by atoms with van der Waals surface area (Å²) in [5.41, 5.74) is 8.23. The van der Waals surface area contributed by atoms with E-state index in [2.05, 4.69) is 22.9 Å². The minimum absolute atomic E-state index is 0.123. The summed E-state index contributed by atoms with van der Waals surface area (Å²) >= 11 is 0. The molecule has 0 amide bonds. The molecule has 3 heteroatoms. The van der Waals surface area contributed by atoms with Gasteiger partial charge in [-0.05, 0) is 18.1 Å². The molecule has 1 heterocycles. The van der Waals surface area contributed by atoms with Gasteiger partial charge in [-0.15, -0.1) is 0 Å². The van der Waals surface area contributed by atoms with Crippen LogP contribution >= 0.6 is 0 Å². The van der Waals surface area contributed by atoms with Crippen molar-refractivity contribution in [1.29, 1.82) is 0 Å². The predicted octanol–water partition coefficient (Wildman–Crippen LogP) is 3.05. The van der Waals surface area contributed by atoms with Gasteiger partial charge in [-0.3, -0.25) is 4.79 Å². The molecule has 0 saturated carbocycles. The van der Waals surface area contributed by atoms with Gasteiger partial charge in [0.1, 0.15) is 5.78 Å². The van der Waals surface area contributed by atoms with E-state index in [9.17, 15) is 4.79 Å². The van der Waals surface area contributed by atoms with Gasteiger partial charge in [0.05, 0.1) is 6.04 Å². The Morgan fingerprint density at radius 2 is 1.95 bits per heavy atom. The molecule has 1 unspecified atom stereocenters. The minimum Gasteiger partial charge on any atom is -0.350 e. The van der Waals surface area contributed by atoms with E-state index < -0.39 is 0 Å². The molecule has 0 radical (unpaired) electrons. The number of nitrogens with zero attached hydrogens (tertiary/aromatic N) is 1. The second-order valence-corrected chi connectivity index (χ2v) is 4.41. The number of fused-ring (bicyclic) bond motifs is 1. The highest BCUT2D eigenvalue weighted by Crippen LogP contribution is 2.21. The van der Waals surface area contributed by atoms with Crippen molar-refractivity contribution in [2.75, 3.05) is 0 Å². The van der Waals surface area contributed by atoms with Crippen molar-refractivity contribution >= 4 is 16.7 Å². The summed E-state index contributed by atoms with van der Waals surface area (Å²) in [6, 6.07) is 7.80. The molecule has 1 aromatic carbocycles. The summed E-state index contributed by atoms with van der Waals surface area (Å²) in [6.07, 6.45) is 3.19. The van der Waals surface area contributed by atoms with Crippen molar-refractivity contribution in [3.05, 3.63) is 36.0 Å². The number of rotatable bonds is 4. The van der Waals surface area contributed by atoms with Crippen LogP contribution in [-0.4, -0.2) is 16.4 Å². The van der Waals surface area contributed by atoms with Crippen LogP contribution < -0.4 is 5.73 Å². The maximum Gasteiger partial charge on any atom is 0.149 e. The SMILES string of the molecule is CC.CCC(=O)C(N)Cc1cn(C)c2ccccc12. The van der Waals surface area contributed by atoms with Gasteiger partial charge in [-0.1, -0.05) is 39.0 Å². The largest absolute Gasteiger partial charge is 0.350 e. The average Bonchev–Trinajstić information content (AvgIpc) is 2.77. The van der Waals surface area contributed by atoms with Gasteiger partial charge in [0.2, 0.25) is 0 Å². The smallest absolute Gasteiger partial charge is 0.149 e. The lowest BCUT2D eigenvalue weighted by Crippen LogP contribution is -2.32. The maximum absolute atomic E-state index is 11.5. The van der Waals surface area contributed by atoms with Gasteiger partial charge in [-0.25, -0.2) is 0 Å². The number of Topliss-reactive ketones (excluding diaryl/α,β-unsaturated/α-hetero) is 1. The molecular formula is C16H24N2O. The lowest BCUT2D eigenvalue weighted by Gasteiger charge is -2.07. The zero-order valence-electron chi connectivity index (χ0n) is 12.3. The van der Waals surface area contributed by atoms with Crippen LogP contribution in [0.5, 0.6) is 0 Å². The fraction of sp³-hybridized carbons (Fsp3) is 0.438. The summed E-state index contributed by atoms with van der Waals surface area (Å²) in [4.78, 5) is 11.5. The number of hydrogen-bond acceptors (Lipinski definition) is 2. The first-order chi connectivity index (χ1) is 9.13. The Kier molecular flexibility index (Phi) is 5.77. The van der Waals surface area contributed by atoms with Crippen LogP contribution in [0.2, 0.25) is 0 Å². The molecule has 2 rings (SSSR count). The van der Waals surface area contributed by atoms with Crippen molar-refractivity contribution in [3.63, 3.8) is 0 Å². The monoisotopic (exact) mass is 260 g/mol. The van der Waals surface area contributed by atoms with Crippen LogP contribution in [0.15, 0.2) is 30.5 Å². The zero-order chi connectivity index (χ0) is 14.4. The summed E-state index contributed by atoms with van der Waals surface area (Å²) in [5.74, 6) is 0.123. The van der Waals surface area contributed by atoms with E-state index in [-0.39, 0.29) is 11.8 Å². The fourth-order valence-electron chi connectivity index (χ4n) is 2.20. The lowest BCUT2D eigenvalue weighted by molar-refractivity contribution is -0.119. The average molecular weight is 260 g/mol. The van der Waals surface area contributed by atoms with E-state index in [0.717, 1.165) is 5.56 Å². The molecule has 2 aromatic rings. The van der Waals surface area contributed by atoms with Gasteiger partial charge in [0.25, 0.3) is 0 Å². The van der Waals surface area contributed by atoms with E-state index >= 15 is 0 Å². The molecule has 0 saturated heterocycles. The molecular weight excluding hydrogens is 236 g/mol. The maximum atomic E-state index is 11.5. The minimum atomic E-state index is -0.384. The Morgan fingerprint density at radius 3 is 2.58 bits per heavy atom. The highest BCUT2D eigenvalue weighted by molar-refractivity contribution is 5.87. The van der Waals surface area contributed by atoms with Crippen molar-refractivity contribution in [2.45, 2.75) is 39.7 Å². The van der Waals surface area contributed by atoms with Crippen LogP contribution in [0.3, 0.4) is 0 Å². The third-order valence-corrected chi connectivity index (χ3v) is 3.18. The molecule has 0 bridgehead atoms. The third-order valence-electron chi connectivity index (χ3n) is 3.18. The van der Waals surface area contributed by atoms with Crippen LogP contribution in [0, 0.1) is 0 Å². The van der Waals surface area contributed by atoms with Gasteiger partial charge in [-0.2, -0.15) is 0 Å². The number of nitrogens with two attached hydrogens (primary N) is 1. The van der Waals surface area contributed by atoms with Crippen LogP contribution in [-0.2, 0) is 18.3 Å². The third kappa shape index (κ3) is 3.44. The molecule has 3 nitrogen and oxygen atoms in total. The molecule has 0 aliphatic heterocycles. The Bertz CT molecular complexity index is 543. The van der Waals surface area contributed by atoms with Gasteiger partial charge in [0, 0.05) is 30.6 Å². The molecule has 19 heavy (non-hydrogen) atoms. The van der Waals surface area contributed by atoms with Gasteiger partial charge < -0.3 is 10.3 Å². The molecule has 1 atom stereocenters. The molecule has 0 aliphatic rings. The number of benzene rings is 1. The molecule has 104 valence electrons. The summed E-state index contributed by atoms with van der Waals surface area (Å²) in [5, 5.41) is 1.19. The van der Waals surface area contributed by atoms with Crippen LogP contribution in [0.1, 0.15) is 32.8 Å². The summed E-state index contributed by atoms with van der Waals surface area (Å²) in [6.45, 7) is 5.85. The first-order valence-electron chi connectivity index (χ1n) is 6.94. The number of aryl methyl sites for hydroxylation is 1. The number of aromatic nitrogens is 1. The predicted molar refractivity (Wildman–Crippen MR) is 81.2 cm³/mol. The molecule has 0 fully saturated rings. The lowest BCUT2D eigenvalue weighted by atomic mass is 10.0. The summed E-state index contributed by atoms with van der Waals surface area (Å²) in [7, 11) is 2.01. The normalized spacial score (nSPS) is 11.8. The van der Waals surface area contributed by atoms with Crippen molar-refractivity contribution < 1.29 is 4.79 Å². The Morgan fingerprint density at radius 1 is 1.32 bits per heavy atom. The summed E-state index contributed by atoms with van der Waals surface area (Å²) < 4.78 is 2.08. The first-order valence-corrected chi connectivity index (χ1v) is 6.94. The number of carbonyl (C=O) groups is 1. The van der Waals surface area contributed by atoms with E-state index in [4.69, 9.17) is 5.73 Å². The highest BCUT2D eigenvalue weighted by Gasteiger charge is 2.15. The number of hydrogen-bond donors (Lipinski definition) is 1. The number of para-hydroxylation sites is 1. The van der Waals surface area contributed by atoms with Crippen molar-refractivity contribution in [1.82, 2.24) is 4.57 Å². The van der Waals surface area contributed by atoms with Crippen molar-refractivity contribution in [3.8, 4) is 0 Å². The van der Waals surface area contributed by atoms with Crippen molar-refractivity contribution in [2.24, 2.45) is 12.8 Å². The van der Waals surface area contributed by atoms with E-state index in [0.29, 0.717) is 12.8 Å². The molecule has 0 spiro atoms. The zero-order valence-corrected chi connectivity index (χ0v) is 12.3. The standard InChI is InChI=1S/C14H18N2O.C2H6/c1-3-14(17)12(15)8-10-9-16(2)13-7-5-4-6-11(10)13;1-2/h4-7,9,12H,3,8,15H2,1-2H3;1-2H3. The highest BCUT2D eigenvalue weighted by atomic mass is 16.1. The van der Waals surface area contributed by atoms with E-state index in [1.54, 1.807) is 0 Å². The first kappa shape index (κ1) is 15.4. The second-order valence-electron chi connectivity index (χ2n) is 4.41. The molecule has 2 N–H and O–H groups in total. The second kappa shape index (κ2) is 7.10.